The Kier molecular flexibility index (Phi) is 4.70. The van der Waals surface area contributed by atoms with Crippen molar-refractivity contribution in [1.82, 2.24) is 0 Å². The number of hydrogen-bond acceptors (Lipinski definition) is 4. The molecule has 2 rings (SSSR count). The number of amides is 1. The minimum Gasteiger partial charge on any atom is -0.496 e. The van der Waals surface area contributed by atoms with Crippen LogP contribution in [0.4, 0.5) is 5.69 Å². The molecule has 0 spiro atoms. The third-order valence-electron chi connectivity index (χ3n) is 3.43. The van der Waals surface area contributed by atoms with Gasteiger partial charge in [-0.1, -0.05) is 17.8 Å². The molecule has 0 aromatic heterocycles. The molecule has 1 aromatic rings. The molecule has 1 unspecified atom stereocenters. The molecule has 4 nitrogen and oxygen atoms in total. The van der Waals surface area contributed by atoms with E-state index in [4.69, 9.17) is 4.74 Å². The van der Waals surface area contributed by atoms with Gasteiger partial charge in [-0.05, 0) is 24.5 Å². The Labute approximate surface area is 123 Å². The van der Waals surface area contributed by atoms with Gasteiger partial charge < -0.3 is 9.64 Å². The number of aryl methyl sites for hydroxylation is 1. The number of rotatable bonds is 4. The van der Waals surface area contributed by atoms with E-state index >= 15 is 0 Å². The van der Waals surface area contributed by atoms with Gasteiger partial charge in [0.1, 0.15) is 5.75 Å². The van der Waals surface area contributed by atoms with Crippen LogP contribution in [0.15, 0.2) is 18.2 Å². The number of nitrogens with zero attached hydrogens (tertiary/aromatic N) is 1. The first kappa shape index (κ1) is 14.9. The number of benzene rings is 1. The highest BCUT2D eigenvalue weighted by Gasteiger charge is 2.31. The molecular weight excluding hydrogens is 274 g/mol. The van der Waals surface area contributed by atoms with Crippen LogP contribution in [-0.2, 0) is 9.59 Å². The number of thioether (sulfide) groups is 1. The Morgan fingerprint density at radius 3 is 2.90 bits per heavy atom. The van der Waals surface area contributed by atoms with Gasteiger partial charge in [0, 0.05) is 37.4 Å². The molecule has 20 heavy (non-hydrogen) atoms. The SMILES string of the molecule is COc1cc(N2CC(CSC(C)=O)CC2=O)ccc1C. The van der Waals surface area contributed by atoms with Crippen LogP contribution < -0.4 is 9.64 Å². The van der Waals surface area contributed by atoms with Gasteiger partial charge in [0.05, 0.1) is 7.11 Å². The van der Waals surface area contributed by atoms with Crippen LogP contribution >= 0.6 is 11.8 Å². The molecule has 1 fully saturated rings. The third-order valence-corrected chi connectivity index (χ3v) is 4.48. The lowest BCUT2D eigenvalue weighted by atomic mass is 10.1. The molecule has 1 atom stereocenters. The Bertz CT molecular complexity index is 530. The summed E-state index contributed by atoms with van der Waals surface area (Å²) in [6.45, 7) is 4.20. The van der Waals surface area contributed by atoms with E-state index in [1.807, 2.05) is 25.1 Å². The molecule has 0 bridgehead atoms. The van der Waals surface area contributed by atoms with Crippen molar-refractivity contribution in [3.8, 4) is 5.75 Å². The lowest BCUT2D eigenvalue weighted by Crippen LogP contribution is -2.24. The van der Waals surface area contributed by atoms with Gasteiger partial charge in [-0.3, -0.25) is 9.59 Å². The van der Waals surface area contributed by atoms with Crippen molar-refractivity contribution >= 4 is 28.5 Å². The van der Waals surface area contributed by atoms with Gasteiger partial charge >= 0.3 is 0 Å². The summed E-state index contributed by atoms with van der Waals surface area (Å²) in [6.07, 6.45) is 0.510. The first-order chi connectivity index (χ1) is 9.51. The number of hydrogen-bond donors (Lipinski definition) is 0. The maximum Gasteiger partial charge on any atom is 0.227 e. The van der Waals surface area contributed by atoms with Gasteiger partial charge in [-0.2, -0.15) is 0 Å². The summed E-state index contributed by atoms with van der Waals surface area (Å²) in [6, 6.07) is 5.79. The van der Waals surface area contributed by atoms with Gasteiger partial charge in [-0.25, -0.2) is 0 Å². The molecule has 108 valence electrons. The van der Waals surface area contributed by atoms with Crippen LogP contribution in [0.3, 0.4) is 0 Å². The fourth-order valence-electron chi connectivity index (χ4n) is 2.35. The minimum atomic E-state index is 0.105. The number of anilines is 1. The summed E-state index contributed by atoms with van der Waals surface area (Å²) in [5.41, 5.74) is 1.92. The van der Waals surface area contributed by atoms with E-state index in [0.717, 1.165) is 17.0 Å². The lowest BCUT2D eigenvalue weighted by Gasteiger charge is -2.18. The van der Waals surface area contributed by atoms with E-state index in [1.54, 1.807) is 18.9 Å². The first-order valence-corrected chi connectivity index (χ1v) is 7.58. The Balaban J connectivity index is 2.09. The highest BCUT2D eigenvalue weighted by molar-refractivity contribution is 8.13. The average Bonchev–Trinajstić information content (AvgIpc) is 2.78. The summed E-state index contributed by atoms with van der Waals surface area (Å²) in [5.74, 6) is 1.85. The maximum atomic E-state index is 12.1. The number of methoxy groups -OCH3 is 1. The Morgan fingerprint density at radius 2 is 2.25 bits per heavy atom. The van der Waals surface area contributed by atoms with Crippen LogP contribution in [0.5, 0.6) is 5.75 Å². The fraction of sp³-hybridized carbons (Fsp3) is 0.467. The molecule has 5 heteroatoms. The molecule has 0 N–H and O–H groups in total. The highest BCUT2D eigenvalue weighted by Crippen LogP contribution is 2.31. The molecule has 1 aromatic carbocycles. The normalized spacial score (nSPS) is 18.4. The van der Waals surface area contributed by atoms with Crippen molar-refractivity contribution in [1.29, 1.82) is 0 Å². The average molecular weight is 293 g/mol. The van der Waals surface area contributed by atoms with Crippen molar-refractivity contribution in [2.24, 2.45) is 5.92 Å². The van der Waals surface area contributed by atoms with Gasteiger partial charge in [0.25, 0.3) is 0 Å². The Hall–Kier alpha value is -1.49. The zero-order valence-electron chi connectivity index (χ0n) is 12.0. The largest absolute Gasteiger partial charge is 0.496 e. The predicted molar refractivity (Wildman–Crippen MR) is 81.3 cm³/mol. The summed E-state index contributed by atoms with van der Waals surface area (Å²) in [4.78, 5) is 24.9. The summed E-state index contributed by atoms with van der Waals surface area (Å²) in [5, 5.41) is 0.105. The fourth-order valence-corrected chi connectivity index (χ4v) is 3.05. The molecule has 1 saturated heterocycles. The smallest absolute Gasteiger partial charge is 0.227 e. The van der Waals surface area contributed by atoms with E-state index in [1.165, 1.54) is 11.8 Å². The molecule has 1 amide bonds. The highest BCUT2D eigenvalue weighted by atomic mass is 32.2. The van der Waals surface area contributed by atoms with Gasteiger partial charge in [0.15, 0.2) is 5.12 Å². The second kappa shape index (κ2) is 6.31. The van der Waals surface area contributed by atoms with E-state index in [0.29, 0.717) is 18.7 Å². The van der Waals surface area contributed by atoms with Crippen LogP contribution in [0.2, 0.25) is 0 Å². The molecule has 1 heterocycles. The predicted octanol–water partition coefficient (Wildman–Crippen LogP) is 2.64. The monoisotopic (exact) mass is 293 g/mol. The van der Waals surface area contributed by atoms with Crippen molar-refractivity contribution in [2.75, 3.05) is 24.3 Å². The van der Waals surface area contributed by atoms with E-state index < -0.39 is 0 Å². The van der Waals surface area contributed by atoms with Crippen molar-refractivity contribution in [2.45, 2.75) is 20.3 Å². The van der Waals surface area contributed by atoms with Crippen molar-refractivity contribution in [3.63, 3.8) is 0 Å². The Morgan fingerprint density at radius 1 is 1.50 bits per heavy atom. The third kappa shape index (κ3) is 3.33. The number of ether oxygens (including phenoxy) is 1. The molecule has 0 aliphatic carbocycles. The van der Waals surface area contributed by atoms with Crippen molar-refractivity contribution in [3.05, 3.63) is 23.8 Å². The minimum absolute atomic E-state index is 0.105. The summed E-state index contributed by atoms with van der Waals surface area (Å²) < 4.78 is 5.30. The second-order valence-corrected chi connectivity index (χ2v) is 6.23. The second-order valence-electron chi connectivity index (χ2n) is 5.03. The van der Waals surface area contributed by atoms with E-state index in [9.17, 15) is 9.59 Å². The van der Waals surface area contributed by atoms with Crippen LogP contribution in [0, 0.1) is 12.8 Å². The van der Waals surface area contributed by atoms with E-state index in [2.05, 4.69) is 0 Å². The van der Waals surface area contributed by atoms with Gasteiger partial charge in [-0.15, -0.1) is 0 Å². The number of carbonyl (C=O) groups is 2. The molecular formula is C15H19NO3S. The quantitative estimate of drug-likeness (QED) is 0.856. The number of carbonyl (C=O) groups excluding carboxylic acids is 2. The van der Waals surface area contributed by atoms with Gasteiger partial charge in [0.2, 0.25) is 5.91 Å². The topological polar surface area (TPSA) is 46.6 Å². The molecule has 1 aliphatic heterocycles. The zero-order valence-corrected chi connectivity index (χ0v) is 12.8. The van der Waals surface area contributed by atoms with Crippen molar-refractivity contribution < 1.29 is 14.3 Å². The van der Waals surface area contributed by atoms with Crippen LogP contribution in [-0.4, -0.2) is 30.4 Å². The molecule has 0 saturated carbocycles. The molecule has 0 radical (unpaired) electrons. The molecule has 1 aliphatic rings. The first-order valence-electron chi connectivity index (χ1n) is 6.59. The van der Waals surface area contributed by atoms with Crippen LogP contribution in [0.1, 0.15) is 18.9 Å². The summed E-state index contributed by atoms with van der Waals surface area (Å²) >= 11 is 1.30. The van der Waals surface area contributed by atoms with Crippen LogP contribution in [0.25, 0.3) is 0 Å². The standard InChI is InChI=1S/C15H19NO3S/c1-10-4-5-13(7-14(10)19-3)16-8-12(6-15(16)18)9-20-11(2)17/h4-5,7,12H,6,8-9H2,1-3H3. The lowest BCUT2D eigenvalue weighted by molar-refractivity contribution is -0.117. The summed E-state index contributed by atoms with van der Waals surface area (Å²) in [7, 11) is 1.63. The maximum absolute atomic E-state index is 12.1. The zero-order chi connectivity index (χ0) is 14.7. The van der Waals surface area contributed by atoms with E-state index in [-0.39, 0.29) is 16.9 Å².